The summed E-state index contributed by atoms with van der Waals surface area (Å²) in [6.07, 6.45) is 0. The second kappa shape index (κ2) is 8.31. The van der Waals surface area contributed by atoms with E-state index < -0.39 is 5.60 Å². The Morgan fingerprint density at radius 3 is 2.35 bits per heavy atom. The zero-order valence-electron chi connectivity index (χ0n) is 16.3. The van der Waals surface area contributed by atoms with Crippen LogP contribution in [0.3, 0.4) is 0 Å². The number of hydrogen-bond donors (Lipinski definition) is 1. The molecule has 142 valence electrons. The van der Waals surface area contributed by atoms with Crippen LogP contribution in [-0.4, -0.2) is 28.4 Å². The third-order valence-corrected chi connectivity index (χ3v) is 3.82. The molecule has 0 aliphatic heterocycles. The first-order chi connectivity index (χ1) is 12.2. The Labute approximate surface area is 154 Å². The molecular weight excluding hydrogens is 334 g/mol. The topological polar surface area (TPSA) is 86.5 Å². The number of carbonyl (C=O) groups is 1. The van der Waals surface area contributed by atoms with E-state index in [1.54, 1.807) is 27.7 Å². The van der Waals surface area contributed by atoms with Gasteiger partial charge in [0.15, 0.2) is 5.60 Å². The maximum absolute atomic E-state index is 12.1. The molecule has 0 fully saturated rings. The van der Waals surface area contributed by atoms with Crippen LogP contribution in [0.4, 0.5) is 0 Å². The van der Waals surface area contributed by atoms with Gasteiger partial charge in [0.2, 0.25) is 11.8 Å². The number of aromatic nitrogens is 2. The van der Waals surface area contributed by atoms with E-state index in [-0.39, 0.29) is 5.97 Å². The molecule has 2 rings (SSSR count). The number of ether oxygens (including phenoxy) is 2. The Balaban J connectivity index is 2.03. The predicted octanol–water partition coefficient (Wildman–Crippen LogP) is 3.01. The van der Waals surface area contributed by atoms with Gasteiger partial charge in [-0.2, -0.15) is 0 Å². The second-order valence-electron chi connectivity index (χ2n) is 6.71. The summed E-state index contributed by atoms with van der Waals surface area (Å²) in [4.78, 5) is 12.1. The maximum Gasteiger partial charge on any atom is 0.349 e. The van der Waals surface area contributed by atoms with Gasteiger partial charge in [0.1, 0.15) is 5.75 Å². The Bertz CT molecular complexity index is 745. The van der Waals surface area contributed by atoms with Gasteiger partial charge in [-0.05, 0) is 51.3 Å². The van der Waals surface area contributed by atoms with Crippen molar-refractivity contribution in [3.05, 3.63) is 40.6 Å². The van der Waals surface area contributed by atoms with Crippen LogP contribution in [0.25, 0.3) is 0 Å². The number of nitrogens with one attached hydrogen (secondary N) is 1. The SMILES string of the molecule is CCOC(=O)C(C)(C)Oc1c(C)cc(CNCc2nnc(C)o2)cc1C. The lowest BCUT2D eigenvalue weighted by molar-refractivity contribution is -0.158. The number of rotatable bonds is 8. The third kappa shape index (κ3) is 5.05. The van der Waals surface area contributed by atoms with Crippen molar-refractivity contribution in [2.45, 2.75) is 60.2 Å². The molecule has 0 atom stereocenters. The first-order valence-corrected chi connectivity index (χ1v) is 8.69. The first-order valence-electron chi connectivity index (χ1n) is 8.69. The molecular formula is C19H27N3O4. The molecule has 1 N–H and O–H groups in total. The fourth-order valence-corrected chi connectivity index (χ4v) is 2.63. The van der Waals surface area contributed by atoms with Crippen LogP contribution >= 0.6 is 0 Å². The Morgan fingerprint density at radius 2 is 1.81 bits per heavy atom. The van der Waals surface area contributed by atoms with Gasteiger partial charge in [-0.1, -0.05) is 12.1 Å². The first kappa shape index (κ1) is 19.9. The molecule has 0 aliphatic rings. The highest BCUT2D eigenvalue weighted by molar-refractivity contribution is 5.79. The van der Waals surface area contributed by atoms with Gasteiger partial charge in [0, 0.05) is 13.5 Å². The average Bonchev–Trinajstić information content (AvgIpc) is 2.96. The molecule has 1 aromatic carbocycles. The molecule has 0 spiro atoms. The van der Waals surface area contributed by atoms with Crippen molar-refractivity contribution >= 4 is 5.97 Å². The van der Waals surface area contributed by atoms with Crippen molar-refractivity contribution in [3.63, 3.8) is 0 Å². The minimum Gasteiger partial charge on any atom is -0.476 e. The molecule has 0 saturated carbocycles. The molecule has 0 amide bonds. The molecule has 26 heavy (non-hydrogen) atoms. The number of hydrogen-bond acceptors (Lipinski definition) is 7. The van der Waals surface area contributed by atoms with Crippen molar-refractivity contribution in [1.29, 1.82) is 0 Å². The molecule has 2 aromatic rings. The van der Waals surface area contributed by atoms with E-state index in [2.05, 4.69) is 15.5 Å². The van der Waals surface area contributed by atoms with Crippen LogP contribution in [0.2, 0.25) is 0 Å². The lowest BCUT2D eigenvalue weighted by Crippen LogP contribution is -2.40. The van der Waals surface area contributed by atoms with Crippen LogP contribution in [-0.2, 0) is 22.6 Å². The molecule has 1 aromatic heterocycles. The Hall–Kier alpha value is -2.41. The van der Waals surface area contributed by atoms with Gasteiger partial charge < -0.3 is 19.2 Å². The van der Waals surface area contributed by atoms with Crippen LogP contribution in [0.5, 0.6) is 5.75 Å². The van der Waals surface area contributed by atoms with E-state index in [9.17, 15) is 4.79 Å². The standard InChI is InChI=1S/C19H27N3O4/c1-7-24-18(23)19(5,6)26-17-12(2)8-15(9-13(17)3)10-20-11-16-22-21-14(4)25-16/h8-9,20H,7,10-11H2,1-6H3. The van der Waals surface area contributed by atoms with E-state index in [4.69, 9.17) is 13.9 Å². The van der Waals surface area contributed by atoms with Gasteiger partial charge in [0.05, 0.1) is 13.2 Å². The number of carbonyl (C=O) groups excluding carboxylic acids is 1. The summed E-state index contributed by atoms with van der Waals surface area (Å²) < 4.78 is 16.4. The fraction of sp³-hybridized carbons (Fsp3) is 0.526. The number of benzene rings is 1. The molecule has 7 nitrogen and oxygen atoms in total. The summed E-state index contributed by atoms with van der Waals surface area (Å²) in [6.45, 7) is 12.4. The van der Waals surface area contributed by atoms with Crippen LogP contribution in [0.1, 0.15) is 49.2 Å². The summed E-state index contributed by atoms with van der Waals surface area (Å²) in [6, 6.07) is 4.07. The smallest absolute Gasteiger partial charge is 0.349 e. The van der Waals surface area contributed by atoms with Crippen molar-refractivity contribution in [2.75, 3.05) is 6.61 Å². The molecule has 0 saturated heterocycles. The van der Waals surface area contributed by atoms with E-state index >= 15 is 0 Å². The third-order valence-electron chi connectivity index (χ3n) is 3.82. The number of nitrogens with zero attached hydrogens (tertiary/aromatic N) is 2. The molecule has 0 radical (unpaired) electrons. The molecule has 1 heterocycles. The Morgan fingerprint density at radius 1 is 1.15 bits per heavy atom. The minimum atomic E-state index is -1.04. The molecule has 0 bridgehead atoms. The van der Waals surface area contributed by atoms with Gasteiger partial charge >= 0.3 is 5.97 Å². The normalized spacial score (nSPS) is 11.5. The van der Waals surface area contributed by atoms with E-state index in [1.807, 2.05) is 26.0 Å². The largest absolute Gasteiger partial charge is 0.476 e. The van der Waals surface area contributed by atoms with E-state index in [0.29, 0.717) is 37.2 Å². The Kier molecular flexibility index (Phi) is 6.37. The van der Waals surface area contributed by atoms with Gasteiger partial charge in [-0.3, -0.25) is 0 Å². The zero-order valence-corrected chi connectivity index (χ0v) is 16.3. The fourth-order valence-electron chi connectivity index (χ4n) is 2.63. The summed E-state index contributed by atoms with van der Waals surface area (Å²) >= 11 is 0. The zero-order chi connectivity index (χ0) is 19.3. The molecule has 0 aliphatic carbocycles. The average molecular weight is 361 g/mol. The second-order valence-corrected chi connectivity index (χ2v) is 6.71. The lowest BCUT2D eigenvalue weighted by Gasteiger charge is -2.26. The number of aryl methyl sites for hydroxylation is 3. The lowest BCUT2D eigenvalue weighted by atomic mass is 10.0. The number of esters is 1. The van der Waals surface area contributed by atoms with Crippen molar-refractivity contribution < 1.29 is 18.7 Å². The minimum absolute atomic E-state index is 0.327. The van der Waals surface area contributed by atoms with E-state index in [0.717, 1.165) is 16.7 Å². The van der Waals surface area contributed by atoms with Gasteiger partial charge in [0.25, 0.3) is 0 Å². The van der Waals surface area contributed by atoms with Crippen LogP contribution < -0.4 is 10.1 Å². The van der Waals surface area contributed by atoms with E-state index in [1.165, 1.54) is 0 Å². The van der Waals surface area contributed by atoms with Gasteiger partial charge in [-0.25, -0.2) is 4.79 Å². The van der Waals surface area contributed by atoms with Crippen molar-refractivity contribution in [3.8, 4) is 5.75 Å². The highest BCUT2D eigenvalue weighted by Gasteiger charge is 2.32. The summed E-state index contributed by atoms with van der Waals surface area (Å²) in [5.41, 5.74) is 2.00. The van der Waals surface area contributed by atoms with Crippen molar-refractivity contribution in [1.82, 2.24) is 15.5 Å². The summed E-state index contributed by atoms with van der Waals surface area (Å²) in [5, 5.41) is 11.0. The highest BCUT2D eigenvalue weighted by atomic mass is 16.6. The molecule has 7 heteroatoms. The maximum atomic E-state index is 12.1. The highest BCUT2D eigenvalue weighted by Crippen LogP contribution is 2.29. The monoisotopic (exact) mass is 361 g/mol. The van der Waals surface area contributed by atoms with Gasteiger partial charge in [-0.15, -0.1) is 10.2 Å². The van der Waals surface area contributed by atoms with Crippen LogP contribution in [0.15, 0.2) is 16.5 Å². The summed E-state index contributed by atoms with van der Waals surface area (Å²) in [7, 11) is 0. The summed E-state index contributed by atoms with van der Waals surface area (Å²) in [5.74, 6) is 1.45. The molecule has 0 unspecified atom stereocenters. The quantitative estimate of drug-likeness (QED) is 0.723. The predicted molar refractivity (Wildman–Crippen MR) is 96.8 cm³/mol. The van der Waals surface area contributed by atoms with Crippen molar-refractivity contribution in [2.24, 2.45) is 0 Å². The van der Waals surface area contributed by atoms with Crippen LogP contribution in [0, 0.1) is 20.8 Å².